The maximum atomic E-state index is 13.4. The van der Waals surface area contributed by atoms with Crippen molar-refractivity contribution >= 4 is 49.3 Å². The Morgan fingerprint density at radius 2 is 1.68 bits per heavy atom. The lowest BCUT2D eigenvalue weighted by Crippen LogP contribution is -2.56. The number of hydrogen-bond acceptors (Lipinski definition) is 11. The van der Waals surface area contributed by atoms with Crippen molar-refractivity contribution in [2.45, 2.75) is 77.3 Å². The summed E-state index contributed by atoms with van der Waals surface area (Å²) >= 11 is 1.27. The molecule has 47 heavy (non-hydrogen) atoms. The Bertz CT molecular complexity index is 1400. The molecule has 1 aromatic heterocycles. The third-order valence-corrected chi connectivity index (χ3v) is 13.7. The molecule has 3 amide bonds. The average molecular weight is 691 g/mol. The summed E-state index contributed by atoms with van der Waals surface area (Å²) in [5, 5.41) is 10.2. The molecule has 0 spiro atoms. The van der Waals surface area contributed by atoms with Gasteiger partial charge in [0.1, 0.15) is 23.4 Å². The van der Waals surface area contributed by atoms with Crippen molar-refractivity contribution in [3.8, 4) is 10.6 Å². The highest BCUT2D eigenvalue weighted by atomic mass is 32.1. The molecule has 0 saturated carbocycles. The van der Waals surface area contributed by atoms with E-state index in [0.717, 1.165) is 31.1 Å². The maximum absolute atomic E-state index is 13.4. The van der Waals surface area contributed by atoms with Gasteiger partial charge in [-0.25, -0.2) is 9.78 Å². The van der Waals surface area contributed by atoms with E-state index in [-0.39, 0.29) is 29.2 Å². The minimum atomic E-state index is -2.34. The van der Waals surface area contributed by atoms with Gasteiger partial charge in [0.05, 0.1) is 13.7 Å². The number of thiazole rings is 1. The fourth-order valence-electron chi connectivity index (χ4n) is 4.28. The third-order valence-electron chi connectivity index (χ3n) is 8.29. The first-order chi connectivity index (χ1) is 22.1. The lowest BCUT2D eigenvalue weighted by molar-refractivity contribution is -0.151. The van der Waals surface area contributed by atoms with Crippen LogP contribution in [0.5, 0.6) is 0 Å². The second kappa shape index (κ2) is 16.9. The molecule has 1 aromatic carbocycles. The van der Waals surface area contributed by atoms with Crippen molar-refractivity contribution in [2.75, 3.05) is 33.5 Å². The number of amides is 3. The molecule has 0 bridgehead atoms. The normalized spacial score (nSPS) is 15.2. The Hall–Kier alpha value is -3.66. The number of aromatic nitrogens is 1. The van der Waals surface area contributed by atoms with Crippen LogP contribution in [0.15, 0.2) is 29.6 Å². The monoisotopic (exact) mass is 690 g/mol. The largest absolute Gasteiger partial charge is 0.467 e. The minimum absolute atomic E-state index is 0.0257. The molecule has 13 nitrogen and oxygen atoms in total. The second-order valence-electron chi connectivity index (χ2n) is 12.8. The van der Waals surface area contributed by atoms with Crippen LogP contribution in [-0.4, -0.2) is 88.6 Å². The van der Waals surface area contributed by atoms with Crippen molar-refractivity contribution in [2.24, 2.45) is 5.92 Å². The van der Waals surface area contributed by atoms with Crippen molar-refractivity contribution in [1.29, 1.82) is 0 Å². The Morgan fingerprint density at radius 1 is 1.02 bits per heavy atom. The molecule has 1 fully saturated rings. The quantitative estimate of drug-likeness (QED) is 0.198. The number of methoxy groups -OCH3 is 1. The molecule has 1 saturated heterocycles. The maximum Gasteiger partial charge on any atom is 0.331 e. The molecule has 258 valence electrons. The van der Waals surface area contributed by atoms with E-state index in [1.807, 2.05) is 58.1 Å². The van der Waals surface area contributed by atoms with Crippen LogP contribution in [0.2, 0.25) is 18.1 Å². The number of carbonyl (C=O) groups is 5. The van der Waals surface area contributed by atoms with Crippen LogP contribution in [0.3, 0.4) is 0 Å². The summed E-state index contributed by atoms with van der Waals surface area (Å²) < 4.78 is 21.2. The lowest BCUT2D eigenvalue weighted by atomic mass is 9.99. The van der Waals surface area contributed by atoms with Gasteiger partial charge >= 0.3 is 11.9 Å². The number of nitrogens with zero attached hydrogens (tertiary/aromatic N) is 1. The van der Waals surface area contributed by atoms with E-state index in [9.17, 15) is 24.0 Å². The zero-order valence-electron chi connectivity index (χ0n) is 28.1. The first-order valence-electron chi connectivity index (χ1n) is 15.5. The minimum Gasteiger partial charge on any atom is -0.467 e. The van der Waals surface area contributed by atoms with Gasteiger partial charge in [0.15, 0.2) is 14.4 Å². The highest BCUT2D eigenvalue weighted by Crippen LogP contribution is 2.36. The van der Waals surface area contributed by atoms with E-state index in [4.69, 9.17) is 18.6 Å². The van der Waals surface area contributed by atoms with Crippen LogP contribution in [0, 0.1) is 5.92 Å². The van der Waals surface area contributed by atoms with E-state index in [0.29, 0.717) is 24.8 Å². The molecule has 2 heterocycles. The Balaban J connectivity index is 1.70. The summed E-state index contributed by atoms with van der Waals surface area (Å²) in [5.41, 5.74) is 1.82. The molecule has 2 atom stereocenters. The second-order valence-corrected chi connectivity index (χ2v) is 18.5. The first-order valence-corrected chi connectivity index (χ1v) is 19.3. The van der Waals surface area contributed by atoms with Gasteiger partial charge in [-0.3, -0.25) is 19.2 Å². The Labute approximate surface area is 280 Å². The van der Waals surface area contributed by atoms with Gasteiger partial charge in [0, 0.05) is 43.5 Å². The van der Waals surface area contributed by atoms with Gasteiger partial charge in [0.2, 0.25) is 11.8 Å². The van der Waals surface area contributed by atoms with Crippen LogP contribution in [-0.2, 0) is 44.4 Å². The summed E-state index contributed by atoms with van der Waals surface area (Å²) in [6, 6.07) is 5.06. The van der Waals surface area contributed by atoms with E-state index in [1.54, 1.807) is 5.38 Å². The van der Waals surface area contributed by atoms with Crippen LogP contribution in [0.4, 0.5) is 0 Å². The molecular weight excluding hydrogens is 645 g/mol. The molecule has 15 heteroatoms. The van der Waals surface area contributed by atoms with E-state index >= 15 is 0 Å². The van der Waals surface area contributed by atoms with Gasteiger partial charge < -0.3 is 34.6 Å². The summed E-state index contributed by atoms with van der Waals surface area (Å²) in [6.07, 6.45) is 1.45. The van der Waals surface area contributed by atoms with Crippen molar-refractivity contribution in [3.05, 3.63) is 40.9 Å². The zero-order valence-corrected chi connectivity index (χ0v) is 29.9. The van der Waals surface area contributed by atoms with Crippen molar-refractivity contribution < 1.29 is 42.6 Å². The number of hydrogen-bond donors (Lipinski definition) is 3. The number of rotatable bonds is 14. The Morgan fingerprint density at radius 3 is 2.28 bits per heavy atom. The van der Waals surface area contributed by atoms with E-state index < -0.39 is 50.8 Å². The highest BCUT2D eigenvalue weighted by Gasteiger charge is 2.39. The van der Waals surface area contributed by atoms with Crippen LogP contribution < -0.4 is 16.0 Å². The van der Waals surface area contributed by atoms with E-state index in [2.05, 4.69) is 20.9 Å². The molecule has 1 aliphatic heterocycles. The lowest BCUT2D eigenvalue weighted by Gasteiger charge is -2.37. The predicted molar refractivity (Wildman–Crippen MR) is 178 cm³/mol. The van der Waals surface area contributed by atoms with Gasteiger partial charge in [-0.05, 0) is 36.5 Å². The third kappa shape index (κ3) is 11.2. The SMILES string of the molecule is COC(=O)[C@H](COC(C)=O)NC(=O)[C@H](CO[Si](C)(C)C(C)(C)C)NC(=O)c1csc(-c2ccc(CNC(=O)C3CCOCC3)cc2)n1. The van der Waals surface area contributed by atoms with Crippen LogP contribution in [0.1, 0.15) is 56.6 Å². The molecule has 0 aliphatic carbocycles. The van der Waals surface area contributed by atoms with Crippen LogP contribution >= 0.6 is 11.3 Å². The van der Waals surface area contributed by atoms with E-state index in [1.165, 1.54) is 18.3 Å². The predicted octanol–water partition coefficient (Wildman–Crippen LogP) is 3.19. The summed E-state index contributed by atoms with van der Waals surface area (Å²) in [4.78, 5) is 67.3. The average Bonchev–Trinajstić information content (AvgIpc) is 3.54. The molecule has 2 aromatic rings. The Kier molecular flexibility index (Phi) is 13.6. The summed E-state index contributed by atoms with van der Waals surface area (Å²) in [6.45, 7) is 12.4. The number of nitrogens with one attached hydrogen (secondary N) is 3. The smallest absolute Gasteiger partial charge is 0.331 e. The molecule has 0 unspecified atom stereocenters. The zero-order chi connectivity index (χ0) is 34.8. The fraction of sp³-hybridized carbons (Fsp3) is 0.562. The summed E-state index contributed by atoms with van der Waals surface area (Å²) in [7, 11) is -1.20. The number of carbonyl (C=O) groups excluding carboxylic acids is 5. The topological polar surface area (TPSA) is 171 Å². The molecule has 0 radical (unpaired) electrons. The van der Waals surface area contributed by atoms with Crippen molar-refractivity contribution in [1.82, 2.24) is 20.9 Å². The standard InChI is InChI=1S/C32H46N4O9SSi/c1-20(37)44-17-25(31(41)42-5)35-28(39)24(18-45-47(6,7)32(2,3)4)34-29(40)26-19-46-30(36-26)23-10-8-21(9-11-23)16-33-27(38)22-12-14-43-15-13-22/h8-11,19,22,24-25H,12-18H2,1-7H3,(H,33,38)(H,34,40)(H,35,39)/t24-,25-/m0/s1. The van der Waals surface area contributed by atoms with Gasteiger partial charge in [-0.15, -0.1) is 11.3 Å². The van der Waals surface area contributed by atoms with Crippen LogP contribution in [0.25, 0.3) is 10.6 Å². The first kappa shape index (κ1) is 37.8. The van der Waals surface area contributed by atoms with Gasteiger partial charge in [-0.1, -0.05) is 45.0 Å². The van der Waals surface area contributed by atoms with Gasteiger partial charge in [-0.2, -0.15) is 0 Å². The molecule has 1 aliphatic rings. The molecule has 3 N–H and O–H groups in total. The molecular formula is C32H46N4O9SSi. The van der Waals surface area contributed by atoms with Crippen molar-refractivity contribution in [3.63, 3.8) is 0 Å². The van der Waals surface area contributed by atoms with Gasteiger partial charge in [0.25, 0.3) is 5.91 Å². The summed E-state index contributed by atoms with van der Waals surface area (Å²) in [5.74, 6) is -2.76. The highest BCUT2D eigenvalue weighted by molar-refractivity contribution is 7.13. The molecule has 3 rings (SSSR count). The fourth-order valence-corrected chi connectivity index (χ4v) is 6.10. The number of ether oxygens (including phenoxy) is 3. The number of benzene rings is 1. The number of esters is 2.